The molecule has 1 aromatic rings. The molecule has 1 aromatic carbocycles. The quantitative estimate of drug-likeness (QED) is 0.271. The maximum absolute atomic E-state index is 13.7. The average molecular weight is 409 g/mol. The third kappa shape index (κ3) is 5.51. The molecule has 1 aliphatic rings. The van der Waals surface area contributed by atoms with Crippen LogP contribution in [-0.4, -0.2) is 36.7 Å². The molecular formula is C14H8F5N3O4S. The highest BCUT2D eigenvalue weighted by molar-refractivity contribution is 8.18. The number of methoxy groups -OCH3 is 1. The Morgan fingerprint density at radius 1 is 1.26 bits per heavy atom. The molecule has 1 aliphatic heterocycles. The van der Waals surface area contributed by atoms with Crippen LogP contribution in [0.15, 0.2) is 33.3 Å². The molecule has 7 nitrogen and oxygen atoms in total. The van der Waals surface area contributed by atoms with Gasteiger partial charge in [0.25, 0.3) is 5.91 Å². The molecule has 0 unspecified atom stereocenters. The van der Waals surface area contributed by atoms with E-state index in [0.717, 1.165) is 37.2 Å². The van der Waals surface area contributed by atoms with Crippen LogP contribution in [0, 0.1) is 11.6 Å². The van der Waals surface area contributed by atoms with Crippen molar-refractivity contribution in [3.8, 4) is 5.75 Å². The van der Waals surface area contributed by atoms with Gasteiger partial charge in [0.15, 0.2) is 16.7 Å². The molecule has 13 heteroatoms. The van der Waals surface area contributed by atoms with Crippen LogP contribution in [0.3, 0.4) is 0 Å². The second kappa shape index (κ2) is 8.16. The molecule has 1 heterocycles. The Morgan fingerprint density at radius 3 is 2.59 bits per heavy atom. The van der Waals surface area contributed by atoms with E-state index in [2.05, 4.69) is 25.0 Å². The lowest BCUT2D eigenvalue weighted by atomic mass is 10.2. The number of hydrogen-bond acceptors (Lipinski definition) is 7. The maximum Gasteiger partial charge on any atom is 0.573 e. The molecule has 1 saturated heterocycles. The van der Waals surface area contributed by atoms with Crippen molar-refractivity contribution >= 4 is 35.0 Å². The van der Waals surface area contributed by atoms with Gasteiger partial charge < -0.3 is 9.47 Å². The Kier molecular flexibility index (Phi) is 6.15. The van der Waals surface area contributed by atoms with Gasteiger partial charge in [-0.25, -0.2) is 9.18 Å². The molecule has 0 aromatic heterocycles. The Bertz CT molecular complexity index is 867. The van der Waals surface area contributed by atoms with E-state index < -0.39 is 41.2 Å². The van der Waals surface area contributed by atoms with Gasteiger partial charge in [0.05, 0.1) is 18.2 Å². The number of amidine groups is 1. The SMILES string of the molecule is COC(=O)/C=C1/S/C(=N\N=Cc2ccc(OC(F)(F)F)c(F)c2F)NC1=O. The standard InChI is InChI=1S/C14H8F5N3O4S/c1-25-9(23)4-8-12(24)21-13(27-8)22-20-5-6-2-3-7(11(16)10(6)15)26-14(17,18)19/h2-5H,1H3,(H,21,22,24)/b8-4+,20-5?. The summed E-state index contributed by atoms with van der Waals surface area (Å²) in [6, 6.07) is 1.37. The summed E-state index contributed by atoms with van der Waals surface area (Å²) in [4.78, 5) is 22.6. The van der Waals surface area contributed by atoms with E-state index in [4.69, 9.17) is 0 Å². The molecule has 144 valence electrons. The number of rotatable bonds is 4. The smallest absolute Gasteiger partial charge is 0.466 e. The highest BCUT2D eigenvalue weighted by atomic mass is 32.2. The van der Waals surface area contributed by atoms with Gasteiger partial charge in [0.1, 0.15) is 0 Å². The molecule has 0 atom stereocenters. The Labute approximate surface area is 151 Å². The number of amides is 1. The number of alkyl halides is 3. The van der Waals surface area contributed by atoms with Crippen LogP contribution in [0.5, 0.6) is 5.75 Å². The van der Waals surface area contributed by atoms with Gasteiger partial charge in [-0.15, -0.1) is 18.3 Å². The Hall–Kier alpha value is -2.96. The number of thioether (sulfide) groups is 1. The maximum atomic E-state index is 13.7. The van der Waals surface area contributed by atoms with E-state index >= 15 is 0 Å². The molecule has 0 saturated carbocycles. The fourth-order valence-electron chi connectivity index (χ4n) is 1.63. The molecule has 2 rings (SSSR count). The van der Waals surface area contributed by atoms with Crippen LogP contribution in [0.4, 0.5) is 22.0 Å². The summed E-state index contributed by atoms with van der Waals surface area (Å²) in [6.07, 6.45) is -3.54. The second-order valence-corrected chi connectivity index (χ2v) is 5.60. The van der Waals surface area contributed by atoms with Crippen molar-refractivity contribution in [3.05, 3.63) is 40.3 Å². The third-order valence-corrected chi connectivity index (χ3v) is 3.65. The molecule has 27 heavy (non-hydrogen) atoms. The predicted octanol–water partition coefficient (Wildman–Crippen LogP) is 2.47. The van der Waals surface area contributed by atoms with Gasteiger partial charge >= 0.3 is 12.3 Å². The van der Waals surface area contributed by atoms with Crippen LogP contribution in [0.25, 0.3) is 0 Å². The first-order valence-electron chi connectivity index (χ1n) is 6.74. The minimum Gasteiger partial charge on any atom is -0.466 e. The summed E-state index contributed by atoms with van der Waals surface area (Å²) in [5.74, 6) is -6.23. The molecule has 0 bridgehead atoms. The summed E-state index contributed by atoms with van der Waals surface area (Å²) < 4.78 is 71.2. The predicted molar refractivity (Wildman–Crippen MR) is 83.9 cm³/mol. The highest BCUT2D eigenvalue weighted by Crippen LogP contribution is 2.28. The van der Waals surface area contributed by atoms with Gasteiger partial charge in [-0.05, 0) is 23.9 Å². The second-order valence-electron chi connectivity index (χ2n) is 4.57. The number of benzene rings is 1. The lowest BCUT2D eigenvalue weighted by molar-refractivity contribution is -0.275. The lowest BCUT2D eigenvalue weighted by Crippen LogP contribution is -2.19. The minimum atomic E-state index is -5.18. The van der Waals surface area contributed by atoms with Gasteiger partial charge in [-0.2, -0.15) is 9.49 Å². The largest absolute Gasteiger partial charge is 0.573 e. The zero-order valence-electron chi connectivity index (χ0n) is 13.1. The lowest BCUT2D eigenvalue weighted by Gasteiger charge is -2.10. The van der Waals surface area contributed by atoms with Crippen LogP contribution < -0.4 is 10.1 Å². The van der Waals surface area contributed by atoms with Crippen LogP contribution in [-0.2, 0) is 14.3 Å². The van der Waals surface area contributed by atoms with Gasteiger partial charge in [-0.3, -0.25) is 10.1 Å². The number of nitrogens with one attached hydrogen (secondary N) is 1. The van der Waals surface area contributed by atoms with Crippen molar-refractivity contribution in [3.63, 3.8) is 0 Å². The zero-order chi connectivity index (χ0) is 20.2. The monoisotopic (exact) mass is 409 g/mol. The third-order valence-electron chi connectivity index (χ3n) is 2.75. The average Bonchev–Trinajstić information content (AvgIpc) is 2.92. The molecule has 0 aliphatic carbocycles. The summed E-state index contributed by atoms with van der Waals surface area (Å²) >= 11 is 0.737. The van der Waals surface area contributed by atoms with E-state index in [1.807, 2.05) is 0 Å². The van der Waals surface area contributed by atoms with Gasteiger partial charge in [-0.1, -0.05) is 0 Å². The van der Waals surface area contributed by atoms with E-state index in [1.54, 1.807) is 0 Å². The summed E-state index contributed by atoms with van der Waals surface area (Å²) in [7, 11) is 1.12. The number of carbonyl (C=O) groups excluding carboxylic acids is 2. The molecule has 1 fully saturated rings. The van der Waals surface area contributed by atoms with Crippen LogP contribution >= 0.6 is 11.8 Å². The molecule has 1 amide bonds. The normalized spacial score (nSPS) is 17.6. The first kappa shape index (κ1) is 20.4. The number of halogens is 5. The Balaban J connectivity index is 2.14. The van der Waals surface area contributed by atoms with Crippen molar-refractivity contribution in [2.24, 2.45) is 10.2 Å². The van der Waals surface area contributed by atoms with Crippen LogP contribution in [0.2, 0.25) is 0 Å². The van der Waals surface area contributed by atoms with Crippen LogP contribution in [0.1, 0.15) is 5.56 Å². The zero-order valence-corrected chi connectivity index (χ0v) is 14.0. The number of ether oxygens (including phenoxy) is 2. The van der Waals surface area contributed by atoms with Crippen molar-refractivity contribution in [2.75, 3.05) is 7.11 Å². The Morgan fingerprint density at radius 2 is 1.96 bits per heavy atom. The summed E-state index contributed by atoms with van der Waals surface area (Å²) in [5, 5.41) is 9.13. The van der Waals surface area contributed by atoms with Gasteiger partial charge in [0, 0.05) is 11.6 Å². The highest BCUT2D eigenvalue weighted by Gasteiger charge is 2.33. The topological polar surface area (TPSA) is 89.3 Å². The number of nitrogens with zero attached hydrogens (tertiary/aromatic N) is 2. The van der Waals surface area contributed by atoms with Gasteiger partial charge in [0.2, 0.25) is 5.82 Å². The fourth-order valence-corrected chi connectivity index (χ4v) is 2.37. The van der Waals surface area contributed by atoms with Crippen molar-refractivity contribution in [1.82, 2.24) is 5.32 Å². The number of hydrogen-bond donors (Lipinski definition) is 1. The van der Waals surface area contributed by atoms with Crippen molar-refractivity contribution < 1.29 is 41.0 Å². The first-order chi connectivity index (χ1) is 12.6. The first-order valence-corrected chi connectivity index (χ1v) is 7.56. The number of esters is 1. The molecule has 1 N–H and O–H groups in total. The van der Waals surface area contributed by atoms with Crippen molar-refractivity contribution in [1.29, 1.82) is 0 Å². The van der Waals surface area contributed by atoms with Crippen molar-refractivity contribution in [2.45, 2.75) is 6.36 Å². The van der Waals surface area contributed by atoms with E-state index in [-0.39, 0.29) is 10.1 Å². The minimum absolute atomic E-state index is 0.0262. The fraction of sp³-hybridized carbons (Fsp3) is 0.143. The summed E-state index contributed by atoms with van der Waals surface area (Å²) in [5.41, 5.74) is -0.508. The molecular weight excluding hydrogens is 401 g/mol. The molecule has 0 spiro atoms. The van der Waals surface area contributed by atoms with E-state index in [9.17, 15) is 31.5 Å². The van der Waals surface area contributed by atoms with E-state index in [0.29, 0.717) is 6.07 Å². The van der Waals surface area contributed by atoms with E-state index in [1.165, 1.54) is 0 Å². The number of carbonyl (C=O) groups is 2. The summed E-state index contributed by atoms with van der Waals surface area (Å²) in [6.45, 7) is 0. The molecule has 0 radical (unpaired) electrons.